The molecule has 84 valence electrons. The highest BCUT2D eigenvalue weighted by molar-refractivity contribution is 4.80. The Morgan fingerprint density at radius 1 is 1.60 bits per heavy atom. The molecule has 1 saturated heterocycles. The highest BCUT2D eigenvalue weighted by atomic mass is 16.5. The summed E-state index contributed by atoms with van der Waals surface area (Å²) in [5.41, 5.74) is 0. The van der Waals surface area contributed by atoms with Gasteiger partial charge in [0.1, 0.15) is 12.2 Å². The Kier molecular flexibility index (Phi) is 4.11. The molecule has 0 radical (unpaired) electrons. The molecule has 1 aromatic rings. The van der Waals surface area contributed by atoms with Gasteiger partial charge in [-0.1, -0.05) is 0 Å². The van der Waals surface area contributed by atoms with Gasteiger partial charge in [-0.2, -0.15) is 5.10 Å². The molecule has 15 heavy (non-hydrogen) atoms. The molecule has 0 saturated carbocycles. The Labute approximate surface area is 89.6 Å². The first-order chi connectivity index (χ1) is 7.45. The third-order valence-corrected chi connectivity index (χ3v) is 2.65. The topological polar surface area (TPSA) is 62.8 Å². The van der Waals surface area contributed by atoms with E-state index >= 15 is 0 Å². The van der Waals surface area contributed by atoms with Crippen LogP contribution in [-0.4, -0.2) is 41.0 Å². The van der Waals surface area contributed by atoms with Crippen molar-refractivity contribution in [2.75, 3.05) is 19.8 Å². The largest absolute Gasteiger partial charge is 0.380 e. The van der Waals surface area contributed by atoms with Gasteiger partial charge in [0.2, 0.25) is 0 Å². The normalized spacial score (nSPS) is 21.7. The summed E-state index contributed by atoms with van der Waals surface area (Å²) in [5.74, 6) is 0.969. The maximum atomic E-state index is 5.39. The van der Waals surface area contributed by atoms with Crippen molar-refractivity contribution in [3.05, 3.63) is 12.2 Å². The second-order valence-electron chi connectivity index (χ2n) is 3.90. The Morgan fingerprint density at radius 3 is 3.33 bits per heavy atom. The van der Waals surface area contributed by atoms with Gasteiger partial charge in [-0.05, 0) is 25.8 Å². The lowest BCUT2D eigenvalue weighted by atomic mass is 10.1. The average molecular weight is 210 g/mol. The van der Waals surface area contributed by atoms with Gasteiger partial charge in [-0.3, -0.25) is 5.10 Å². The van der Waals surface area contributed by atoms with Crippen molar-refractivity contribution in [3.63, 3.8) is 0 Å². The summed E-state index contributed by atoms with van der Waals surface area (Å²) in [6, 6.07) is 0.550. The number of hydrogen-bond acceptors (Lipinski definition) is 4. The third kappa shape index (κ3) is 3.60. The van der Waals surface area contributed by atoms with Gasteiger partial charge >= 0.3 is 0 Å². The molecule has 5 heteroatoms. The molecule has 1 aliphatic rings. The van der Waals surface area contributed by atoms with E-state index in [-0.39, 0.29) is 0 Å². The number of ether oxygens (including phenoxy) is 1. The molecule has 1 aliphatic heterocycles. The summed E-state index contributed by atoms with van der Waals surface area (Å²) >= 11 is 0. The SMILES string of the molecule is c1n[nH]c(CCCNC2CCCOC2)n1. The molecule has 1 unspecified atom stereocenters. The Hall–Kier alpha value is -0.940. The first-order valence-corrected chi connectivity index (χ1v) is 5.60. The number of hydrogen-bond donors (Lipinski definition) is 2. The lowest BCUT2D eigenvalue weighted by molar-refractivity contribution is 0.0705. The van der Waals surface area contributed by atoms with E-state index < -0.39 is 0 Å². The van der Waals surface area contributed by atoms with E-state index in [1.807, 2.05) is 0 Å². The zero-order valence-electron chi connectivity index (χ0n) is 8.91. The molecule has 0 aromatic carbocycles. The minimum Gasteiger partial charge on any atom is -0.380 e. The number of rotatable bonds is 5. The molecular weight excluding hydrogens is 192 g/mol. The standard InChI is InChI=1S/C10H18N4O/c1(4-10-12-8-13-14-10)5-11-9-3-2-6-15-7-9/h8-9,11H,1-7H2,(H,12,13,14). The van der Waals surface area contributed by atoms with Crippen LogP contribution in [0.15, 0.2) is 6.33 Å². The summed E-state index contributed by atoms with van der Waals surface area (Å²) in [6.45, 7) is 2.81. The van der Waals surface area contributed by atoms with E-state index in [4.69, 9.17) is 4.74 Å². The maximum Gasteiger partial charge on any atom is 0.137 e. The van der Waals surface area contributed by atoms with E-state index in [1.54, 1.807) is 6.33 Å². The minimum atomic E-state index is 0.550. The summed E-state index contributed by atoms with van der Waals surface area (Å²) in [4.78, 5) is 4.08. The monoisotopic (exact) mass is 210 g/mol. The van der Waals surface area contributed by atoms with Crippen LogP contribution in [0.2, 0.25) is 0 Å². The second kappa shape index (κ2) is 5.82. The van der Waals surface area contributed by atoms with Crippen LogP contribution in [0.1, 0.15) is 25.1 Å². The van der Waals surface area contributed by atoms with E-state index in [0.717, 1.165) is 38.4 Å². The van der Waals surface area contributed by atoms with Crippen molar-refractivity contribution in [2.45, 2.75) is 31.7 Å². The lowest BCUT2D eigenvalue weighted by Gasteiger charge is -2.23. The first-order valence-electron chi connectivity index (χ1n) is 5.60. The van der Waals surface area contributed by atoms with Crippen LogP contribution < -0.4 is 5.32 Å². The van der Waals surface area contributed by atoms with Gasteiger partial charge in [0, 0.05) is 19.1 Å². The van der Waals surface area contributed by atoms with Gasteiger partial charge in [-0.15, -0.1) is 0 Å². The van der Waals surface area contributed by atoms with E-state index in [9.17, 15) is 0 Å². The predicted octanol–water partition coefficient (Wildman–Crippen LogP) is 0.506. The number of H-pyrrole nitrogens is 1. The van der Waals surface area contributed by atoms with E-state index in [0.29, 0.717) is 6.04 Å². The number of aromatic nitrogens is 3. The Balaban J connectivity index is 1.54. The minimum absolute atomic E-state index is 0.550. The summed E-state index contributed by atoms with van der Waals surface area (Å²) in [6.07, 6.45) is 6.02. The van der Waals surface area contributed by atoms with Crippen LogP contribution >= 0.6 is 0 Å². The Morgan fingerprint density at radius 2 is 2.60 bits per heavy atom. The molecule has 1 aromatic heterocycles. The van der Waals surface area contributed by atoms with E-state index in [2.05, 4.69) is 20.5 Å². The predicted molar refractivity (Wildman–Crippen MR) is 56.5 cm³/mol. The molecule has 0 spiro atoms. The second-order valence-corrected chi connectivity index (χ2v) is 3.90. The third-order valence-electron chi connectivity index (χ3n) is 2.65. The van der Waals surface area contributed by atoms with Gasteiger partial charge in [0.05, 0.1) is 6.61 Å². The molecular formula is C10H18N4O. The highest BCUT2D eigenvalue weighted by Gasteiger charge is 2.12. The van der Waals surface area contributed by atoms with Gasteiger partial charge < -0.3 is 10.1 Å². The van der Waals surface area contributed by atoms with Crippen molar-refractivity contribution in [1.82, 2.24) is 20.5 Å². The first kappa shape index (κ1) is 10.6. The molecule has 2 N–H and O–H groups in total. The molecule has 5 nitrogen and oxygen atoms in total. The van der Waals surface area contributed by atoms with Gasteiger partial charge in [-0.25, -0.2) is 4.98 Å². The molecule has 0 amide bonds. The Bertz CT molecular complexity index is 256. The molecule has 0 bridgehead atoms. The van der Waals surface area contributed by atoms with Crippen LogP contribution in [0.3, 0.4) is 0 Å². The number of aromatic amines is 1. The van der Waals surface area contributed by atoms with Crippen LogP contribution in [-0.2, 0) is 11.2 Å². The van der Waals surface area contributed by atoms with Crippen molar-refractivity contribution < 1.29 is 4.74 Å². The number of nitrogens with zero attached hydrogens (tertiary/aromatic N) is 2. The van der Waals surface area contributed by atoms with Crippen molar-refractivity contribution in [3.8, 4) is 0 Å². The fourth-order valence-corrected chi connectivity index (χ4v) is 1.81. The van der Waals surface area contributed by atoms with Crippen LogP contribution in [0.4, 0.5) is 0 Å². The average Bonchev–Trinajstić information content (AvgIpc) is 2.79. The molecule has 0 aliphatic carbocycles. The number of aryl methyl sites for hydroxylation is 1. The quantitative estimate of drug-likeness (QED) is 0.695. The van der Waals surface area contributed by atoms with Crippen LogP contribution in [0.25, 0.3) is 0 Å². The zero-order chi connectivity index (χ0) is 10.3. The molecule has 2 rings (SSSR count). The van der Waals surface area contributed by atoms with Gasteiger partial charge in [0.25, 0.3) is 0 Å². The molecule has 2 heterocycles. The zero-order valence-corrected chi connectivity index (χ0v) is 8.91. The smallest absolute Gasteiger partial charge is 0.137 e. The molecule has 1 fully saturated rings. The van der Waals surface area contributed by atoms with Crippen molar-refractivity contribution in [2.24, 2.45) is 0 Å². The van der Waals surface area contributed by atoms with Crippen molar-refractivity contribution in [1.29, 1.82) is 0 Å². The summed E-state index contributed by atoms with van der Waals surface area (Å²) < 4.78 is 5.39. The van der Waals surface area contributed by atoms with Crippen LogP contribution in [0, 0.1) is 0 Å². The lowest BCUT2D eigenvalue weighted by Crippen LogP contribution is -2.37. The fraction of sp³-hybridized carbons (Fsp3) is 0.800. The van der Waals surface area contributed by atoms with Crippen LogP contribution in [0.5, 0.6) is 0 Å². The summed E-state index contributed by atoms with van der Waals surface area (Å²) in [5, 5.41) is 10.2. The number of nitrogens with one attached hydrogen (secondary N) is 2. The highest BCUT2D eigenvalue weighted by Crippen LogP contribution is 2.05. The van der Waals surface area contributed by atoms with E-state index in [1.165, 1.54) is 12.8 Å². The van der Waals surface area contributed by atoms with Gasteiger partial charge in [0.15, 0.2) is 0 Å². The summed E-state index contributed by atoms with van der Waals surface area (Å²) in [7, 11) is 0. The maximum absolute atomic E-state index is 5.39. The fourth-order valence-electron chi connectivity index (χ4n) is 1.81. The molecule has 1 atom stereocenters. The van der Waals surface area contributed by atoms with Crippen molar-refractivity contribution >= 4 is 0 Å².